The molecule has 0 amide bonds. The van der Waals surface area contributed by atoms with Crippen molar-refractivity contribution in [3.63, 3.8) is 0 Å². The third kappa shape index (κ3) is 3.75. The van der Waals surface area contributed by atoms with Crippen LogP contribution >= 0.6 is 0 Å². The first-order chi connectivity index (χ1) is 9.30. The van der Waals surface area contributed by atoms with E-state index in [1.807, 2.05) is 6.92 Å². The molecule has 1 unspecified atom stereocenters. The highest BCUT2D eigenvalue weighted by Gasteiger charge is 2.31. The number of nitrogens with one attached hydrogen (secondary N) is 1. The van der Waals surface area contributed by atoms with E-state index in [1.165, 1.54) is 37.8 Å². The summed E-state index contributed by atoms with van der Waals surface area (Å²) in [5, 5.41) is 3.39. The van der Waals surface area contributed by atoms with Crippen molar-refractivity contribution in [1.29, 1.82) is 0 Å². The summed E-state index contributed by atoms with van der Waals surface area (Å²) in [7, 11) is 0. The first-order valence-electron chi connectivity index (χ1n) is 7.21. The van der Waals surface area contributed by atoms with Crippen LogP contribution in [0.15, 0.2) is 24.3 Å². The van der Waals surface area contributed by atoms with Gasteiger partial charge < -0.3 is 5.32 Å². The summed E-state index contributed by atoms with van der Waals surface area (Å²) in [6.07, 6.45) is 0.657. The van der Waals surface area contributed by atoms with Crippen LogP contribution in [0.25, 0.3) is 0 Å². The molecule has 1 nitrogen and oxygen atoms in total. The molecule has 1 saturated carbocycles. The van der Waals surface area contributed by atoms with Crippen molar-refractivity contribution < 1.29 is 13.2 Å². The van der Waals surface area contributed by atoms with Crippen molar-refractivity contribution in [3.05, 3.63) is 35.4 Å². The van der Waals surface area contributed by atoms with Crippen molar-refractivity contribution in [2.45, 2.75) is 51.7 Å². The molecular formula is C16H22F3N. The molecule has 1 aliphatic rings. The smallest absolute Gasteiger partial charge is 0.310 e. The van der Waals surface area contributed by atoms with E-state index in [9.17, 15) is 13.2 Å². The maximum atomic E-state index is 12.7. The van der Waals surface area contributed by atoms with E-state index in [4.69, 9.17) is 0 Å². The van der Waals surface area contributed by atoms with Gasteiger partial charge in [0.05, 0.1) is 5.56 Å². The van der Waals surface area contributed by atoms with Gasteiger partial charge in [0.2, 0.25) is 0 Å². The Bertz CT molecular complexity index is 447. The van der Waals surface area contributed by atoms with Crippen molar-refractivity contribution in [1.82, 2.24) is 5.32 Å². The average Bonchev–Trinajstić information content (AvgIpc) is 2.83. The van der Waals surface area contributed by atoms with E-state index in [-0.39, 0.29) is 6.04 Å². The van der Waals surface area contributed by atoms with Crippen LogP contribution in [0, 0.1) is 5.41 Å². The zero-order valence-electron chi connectivity index (χ0n) is 12.1. The monoisotopic (exact) mass is 285 g/mol. The summed E-state index contributed by atoms with van der Waals surface area (Å²) in [6.45, 7) is 5.05. The molecule has 1 aliphatic carbocycles. The summed E-state index contributed by atoms with van der Waals surface area (Å²) < 4.78 is 38.1. The van der Waals surface area contributed by atoms with Crippen LogP contribution < -0.4 is 5.32 Å². The molecule has 112 valence electrons. The zero-order valence-corrected chi connectivity index (χ0v) is 12.1. The van der Waals surface area contributed by atoms with Gasteiger partial charge in [-0.25, -0.2) is 0 Å². The number of benzene rings is 1. The number of halogens is 3. The van der Waals surface area contributed by atoms with E-state index in [0.717, 1.165) is 12.6 Å². The van der Waals surface area contributed by atoms with Gasteiger partial charge in [0.25, 0.3) is 0 Å². The van der Waals surface area contributed by atoms with E-state index in [2.05, 4.69) is 12.2 Å². The molecular weight excluding hydrogens is 263 g/mol. The SMILES string of the molecule is CC(NCC1(C)CCCC1)c1cccc(C(F)(F)F)c1. The fourth-order valence-electron chi connectivity index (χ4n) is 2.91. The molecule has 0 saturated heterocycles. The highest BCUT2D eigenvalue weighted by Crippen LogP contribution is 2.37. The maximum absolute atomic E-state index is 12.7. The topological polar surface area (TPSA) is 12.0 Å². The highest BCUT2D eigenvalue weighted by atomic mass is 19.4. The maximum Gasteiger partial charge on any atom is 0.416 e. The van der Waals surface area contributed by atoms with Crippen LogP contribution in [0.3, 0.4) is 0 Å². The molecule has 2 rings (SSSR count). The fourth-order valence-corrected chi connectivity index (χ4v) is 2.91. The molecule has 0 aromatic heterocycles. The Balaban J connectivity index is 2.00. The molecule has 1 aromatic carbocycles. The molecule has 1 N–H and O–H groups in total. The lowest BCUT2D eigenvalue weighted by Gasteiger charge is -2.26. The second kappa shape index (κ2) is 5.76. The molecule has 0 bridgehead atoms. The molecule has 0 aliphatic heterocycles. The minimum atomic E-state index is -4.27. The van der Waals surface area contributed by atoms with E-state index >= 15 is 0 Å². The number of hydrogen-bond acceptors (Lipinski definition) is 1. The molecule has 0 heterocycles. The van der Waals surface area contributed by atoms with Gasteiger partial charge in [-0.3, -0.25) is 0 Å². The summed E-state index contributed by atoms with van der Waals surface area (Å²) in [6, 6.07) is 5.54. The lowest BCUT2D eigenvalue weighted by atomic mass is 9.88. The van der Waals surface area contributed by atoms with E-state index < -0.39 is 11.7 Å². The summed E-state index contributed by atoms with van der Waals surface area (Å²) in [5.74, 6) is 0. The van der Waals surface area contributed by atoms with Gasteiger partial charge in [0.15, 0.2) is 0 Å². The van der Waals surface area contributed by atoms with Gasteiger partial charge in [0.1, 0.15) is 0 Å². The Labute approximate surface area is 118 Å². The molecule has 1 aromatic rings. The third-order valence-corrected chi connectivity index (χ3v) is 4.36. The number of alkyl halides is 3. The van der Waals surface area contributed by atoms with Crippen molar-refractivity contribution in [3.8, 4) is 0 Å². The minimum absolute atomic E-state index is 0.0604. The van der Waals surface area contributed by atoms with Crippen LogP contribution in [0.4, 0.5) is 13.2 Å². The molecule has 0 spiro atoms. The average molecular weight is 285 g/mol. The van der Waals surface area contributed by atoms with Crippen LogP contribution in [0.5, 0.6) is 0 Å². The lowest BCUT2D eigenvalue weighted by molar-refractivity contribution is -0.137. The Morgan fingerprint density at radius 1 is 1.25 bits per heavy atom. The summed E-state index contributed by atoms with van der Waals surface area (Å²) >= 11 is 0. The lowest BCUT2D eigenvalue weighted by Crippen LogP contribution is -2.31. The van der Waals surface area contributed by atoms with Gasteiger partial charge in [-0.15, -0.1) is 0 Å². The second-order valence-electron chi connectivity index (χ2n) is 6.24. The predicted molar refractivity (Wildman–Crippen MR) is 74.4 cm³/mol. The van der Waals surface area contributed by atoms with E-state index in [0.29, 0.717) is 11.0 Å². The number of rotatable bonds is 4. The van der Waals surface area contributed by atoms with Crippen molar-refractivity contribution >= 4 is 0 Å². The van der Waals surface area contributed by atoms with Crippen LogP contribution in [-0.2, 0) is 6.18 Å². The number of hydrogen-bond donors (Lipinski definition) is 1. The van der Waals surface area contributed by atoms with Crippen molar-refractivity contribution in [2.75, 3.05) is 6.54 Å². The van der Waals surface area contributed by atoms with Crippen LogP contribution in [0.1, 0.15) is 56.7 Å². The normalized spacial score (nSPS) is 20.1. The van der Waals surface area contributed by atoms with Crippen molar-refractivity contribution in [2.24, 2.45) is 5.41 Å². The molecule has 4 heteroatoms. The molecule has 0 radical (unpaired) electrons. The van der Waals surface area contributed by atoms with Gasteiger partial charge in [-0.1, -0.05) is 31.9 Å². The van der Waals surface area contributed by atoms with E-state index in [1.54, 1.807) is 6.07 Å². The third-order valence-electron chi connectivity index (χ3n) is 4.36. The standard InChI is InChI=1S/C16H22F3N/c1-12(20-11-15(2)8-3-4-9-15)13-6-5-7-14(10-13)16(17,18)19/h5-7,10,12,20H,3-4,8-9,11H2,1-2H3. The Hall–Kier alpha value is -1.03. The summed E-state index contributed by atoms with van der Waals surface area (Å²) in [4.78, 5) is 0. The fraction of sp³-hybridized carbons (Fsp3) is 0.625. The molecule has 1 atom stereocenters. The van der Waals surface area contributed by atoms with Crippen LogP contribution in [-0.4, -0.2) is 6.54 Å². The zero-order chi connectivity index (χ0) is 14.8. The Morgan fingerprint density at radius 2 is 1.90 bits per heavy atom. The predicted octanol–water partition coefficient (Wildman–Crippen LogP) is 4.94. The van der Waals surface area contributed by atoms with Crippen LogP contribution in [0.2, 0.25) is 0 Å². The first-order valence-corrected chi connectivity index (χ1v) is 7.21. The minimum Gasteiger partial charge on any atom is -0.310 e. The van der Waals surface area contributed by atoms with Gasteiger partial charge >= 0.3 is 6.18 Å². The molecule has 1 fully saturated rings. The Kier molecular flexibility index (Phi) is 4.43. The Morgan fingerprint density at radius 3 is 2.50 bits per heavy atom. The largest absolute Gasteiger partial charge is 0.416 e. The van der Waals surface area contributed by atoms with Gasteiger partial charge in [-0.05, 0) is 42.9 Å². The highest BCUT2D eigenvalue weighted by molar-refractivity contribution is 5.27. The van der Waals surface area contributed by atoms with Gasteiger partial charge in [-0.2, -0.15) is 13.2 Å². The second-order valence-corrected chi connectivity index (χ2v) is 6.24. The first kappa shape index (κ1) is 15.4. The molecule has 20 heavy (non-hydrogen) atoms. The van der Waals surface area contributed by atoms with Gasteiger partial charge in [0, 0.05) is 12.6 Å². The quantitative estimate of drug-likeness (QED) is 0.826. The summed E-state index contributed by atoms with van der Waals surface area (Å²) in [5.41, 5.74) is 0.424.